The lowest BCUT2D eigenvalue weighted by Crippen LogP contribution is -2.39. The highest BCUT2D eigenvalue weighted by atomic mass is 32.2. The Labute approximate surface area is 157 Å². The Hall–Kier alpha value is -0.840. The molecule has 0 saturated heterocycles. The van der Waals surface area contributed by atoms with E-state index in [-0.39, 0.29) is 19.5 Å². The van der Waals surface area contributed by atoms with Crippen molar-refractivity contribution in [3.63, 3.8) is 0 Å². The minimum atomic E-state index is -5.85. The number of esters is 1. The molecule has 3 fully saturated rings. The zero-order valence-electron chi connectivity index (χ0n) is 15.0. The molecule has 3 aliphatic carbocycles. The van der Waals surface area contributed by atoms with E-state index in [1.54, 1.807) is 0 Å². The average molecular weight is 412 g/mol. The molecule has 0 aliphatic heterocycles. The Morgan fingerprint density at radius 3 is 2.37 bits per heavy atom. The van der Waals surface area contributed by atoms with Crippen LogP contribution in [-0.4, -0.2) is 50.3 Å². The molecule has 0 aromatic carbocycles. The summed E-state index contributed by atoms with van der Waals surface area (Å²) in [6, 6.07) is 0. The highest BCUT2D eigenvalue weighted by Gasteiger charge is 2.54. The van der Waals surface area contributed by atoms with Gasteiger partial charge in [0.1, 0.15) is 13.4 Å². The van der Waals surface area contributed by atoms with Gasteiger partial charge >= 0.3 is 21.3 Å². The van der Waals surface area contributed by atoms with Crippen LogP contribution < -0.4 is 0 Å². The Morgan fingerprint density at radius 2 is 1.63 bits per heavy atom. The van der Waals surface area contributed by atoms with Crippen LogP contribution in [0.5, 0.6) is 0 Å². The van der Waals surface area contributed by atoms with Gasteiger partial charge in [-0.2, -0.15) is 17.2 Å². The lowest BCUT2D eigenvalue weighted by molar-refractivity contribution is -0.168. The van der Waals surface area contributed by atoms with Crippen LogP contribution in [0.15, 0.2) is 0 Å². The molecule has 3 saturated carbocycles. The van der Waals surface area contributed by atoms with Gasteiger partial charge in [0, 0.05) is 0 Å². The Kier molecular flexibility index (Phi) is 6.39. The predicted octanol–water partition coefficient (Wildman–Crippen LogP) is 2.61. The number of rotatable bonds is 8. The number of halogens is 2. The fourth-order valence-corrected chi connectivity index (χ4v) is 5.19. The van der Waals surface area contributed by atoms with Crippen LogP contribution in [0.2, 0.25) is 0 Å². The van der Waals surface area contributed by atoms with Crippen molar-refractivity contribution < 1.29 is 40.8 Å². The van der Waals surface area contributed by atoms with Crippen molar-refractivity contribution in [1.82, 2.24) is 0 Å². The van der Waals surface area contributed by atoms with Crippen LogP contribution in [0.3, 0.4) is 0 Å². The average Bonchev–Trinajstić information content (AvgIpc) is 2.80. The van der Waals surface area contributed by atoms with Crippen molar-refractivity contribution in [2.75, 3.05) is 20.0 Å². The smallest absolute Gasteiger partial charge is 0.458 e. The third kappa shape index (κ3) is 4.78. The van der Waals surface area contributed by atoms with Gasteiger partial charge in [0.05, 0.1) is 12.7 Å². The molecule has 4 bridgehead atoms. The van der Waals surface area contributed by atoms with Crippen molar-refractivity contribution in [1.29, 1.82) is 0 Å². The van der Waals surface area contributed by atoms with E-state index in [9.17, 15) is 22.0 Å². The minimum Gasteiger partial charge on any atom is -0.458 e. The molecule has 0 radical (unpaired) electrons. The second-order valence-corrected chi connectivity index (χ2v) is 9.36. The summed E-state index contributed by atoms with van der Waals surface area (Å²) in [5.41, 5.74) is 0. The van der Waals surface area contributed by atoms with E-state index < -0.39 is 27.9 Å². The van der Waals surface area contributed by atoms with Gasteiger partial charge in [-0.05, 0) is 49.4 Å². The maximum atomic E-state index is 13.0. The Bertz CT molecular complexity index is 635. The third-order valence-corrected chi connectivity index (χ3v) is 6.95. The number of alkyl halides is 2. The third-order valence-electron chi connectivity index (χ3n) is 6.13. The monoisotopic (exact) mass is 412 g/mol. The molecular weight excluding hydrogens is 386 g/mol. The fraction of sp³-hybridized carbons (Fsp3) is 0.941. The number of ether oxygens (including phenoxy) is 3. The lowest BCUT2D eigenvalue weighted by atomic mass is 9.72. The highest BCUT2D eigenvalue weighted by Crippen LogP contribution is 2.50. The summed E-state index contributed by atoms with van der Waals surface area (Å²) in [6.45, 7) is -0.797. The highest BCUT2D eigenvalue weighted by molar-refractivity contribution is 7.87. The van der Waals surface area contributed by atoms with Crippen molar-refractivity contribution in [2.24, 2.45) is 23.7 Å². The normalized spacial score (nSPS) is 33.5. The summed E-state index contributed by atoms with van der Waals surface area (Å²) >= 11 is 0. The zero-order valence-corrected chi connectivity index (χ0v) is 15.8. The van der Waals surface area contributed by atoms with Crippen molar-refractivity contribution in [2.45, 2.75) is 56.3 Å². The van der Waals surface area contributed by atoms with Crippen LogP contribution >= 0.6 is 0 Å². The summed E-state index contributed by atoms with van der Waals surface area (Å²) in [5, 5.41) is -4.99. The first kappa shape index (κ1) is 20.9. The van der Waals surface area contributed by atoms with Crippen LogP contribution in [0, 0.1) is 23.7 Å². The van der Waals surface area contributed by atoms with Gasteiger partial charge in [0.15, 0.2) is 0 Å². The fourth-order valence-electron chi connectivity index (χ4n) is 4.92. The number of fused-ring (bicyclic) bond motifs is 3. The number of carbonyl (C=O) groups is 1. The first-order valence-electron chi connectivity index (χ1n) is 9.40. The molecular formula is C17H26F2O7S. The molecule has 5 atom stereocenters. The van der Waals surface area contributed by atoms with E-state index in [1.165, 1.54) is 44.9 Å². The molecule has 0 aromatic rings. The van der Waals surface area contributed by atoms with Gasteiger partial charge in [-0.1, -0.05) is 19.3 Å². The molecule has 0 amide bonds. The molecule has 3 aliphatic rings. The van der Waals surface area contributed by atoms with Gasteiger partial charge < -0.3 is 14.2 Å². The Balaban J connectivity index is 1.38. The van der Waals surface area contributed by atoms with Crippen LogP contribution in [0.1, 0.15) is 44.9 Å². The van der Waals surface area contributed by atoms with E-state index in [0.717, 1.165) is 11.8 Å². The zero-order chi connectivity index (χ0) is 19.7. The molecule has 0 aromatic heterocycles. The largest absolute Gasteiger partial charge is 0.465 e. The number of hydrogen-bond donors (Lipinski definition) is 1. The molecule has 27 heavy (non-hydrogen) atoms. The van der Waals surface area contributed by atoms with E-state index in [4.69, 9.17) is 14.0 Å². The van der Waals surface area contributed by atoms with Gasteiger partial charge in [-0.3, -0.25) is 4.55 Å². The van der Waals surface area contributed by atoms with Crippen LogP contribution in [0.4, 0.5) is 8.78 Å². The predicted molar refractivity (Wildman–Crippen MR) is 89.4 cm³/mol. The second kappa shape index (κ2) is 8.26. The van der Waals surface area contributed by atoms with Crippen molar-refractivity contribution in [3.8, 4) is 0 Å². The molecule has 0 heterocycles. The molecule has 7 nitrogen and oxygen atoms in total. The quantitative estimate of drug-likeness (QED) is 0.283. The minimum absolute atomic E-state index is 0.0285. The molecule has 10 heteroatoms. The topological polar surface area (TPSA) is 99.1 Å². The number of carbonyl (C=O) groups excluding carboxylic acids is 1. The summed E-state index contributed by atoms with van der Waals surface area (Å²) in [7, 11) is -5.85. The first-order valence-corrected chi connectivity index (χ1v) is 10.8. The van der Waals surface area contributed by atoms with Crippen LogP contribution in [-0.2, 0) is 29.1 Å². The summed E-state index contributed by atoms with van der Waals surface area (Å²) < 4.78 is 70.5. The summed E-state index contributed by atoms with van der Waals surface area (Å²) in [4.78, 5) is 11.0. The SMILES string of the molecule is O=C(OCCOCOC1C2CCC3CCC(C2)CC1C3)C(F)(F)S(=O)(=O)O. The van der Waals surface area contributed by atoms with E-state index >= 15 is 0 Å². The van der Waals surface area contributed by atoms with E-state index in [0.29, 0.717) is 11.8 Å². The molecule has 156 valence electrons. The molecule has 1 N–H and O–H groups in total. The van der Waals surface area contributed by atoms with Crippen molar-refractivity contribution >= 4 is 16.1 Å². The molecule has 5 unspecified atom stereocenters. The number of hydrogen-bond acceptors (Lipinski definition) is 6. The Morgan fingerprint density at radius 1 is 1.00 bits per heavy atom. The lowest BCUT2D eigenvalue weighted by Gasteiger charge is -2.39. The first-order chi connectivity index (χ1) is 12.7. The summed E-state index contributed by atoms with van der Waals surface area (Å²) in [6.07, 6.45) is 8.79. The van der Waals surface area contributed by atoms with E-state index in [2.05, 4.69) is 4.74 Å². The second-order valence-electron chi connectivity index (χ2n) is 7.90. The summed E-state index contributed by atoms with van der Waals surface area (Å²) in [5.74, 6) is 0.340. The van der Waals surface area contributed by atoms with Gasteiger partial charge in [-0.15, -0.1) is 0 Å². The molecule has 3 rings (SSSR count). The maximum Gasteiger partial charge on any atom is 0.465 e. The van der Waals surface area contributed by atoms with E-state index in [1.807, 2.05) is 0 Å². The maximum absolute atomic E-state index is 13.0. The van der Waals surface area contributed by atoms with Gasteiger partial charge in [0.2, 0.25) is 0 Å². The standard InChI is InChI=1S/C17H26F2O7S/c18-17(19,27(21,22)23)16(20)25-6-5-24-10-26-15-13-4-3-11-1-2-12(8-13)9-14(15)7-11/h11-15H,1-10H2,(H,21,22,23). The van der Waals surface area contributed by atoms with Crippen LogP contribution in [0.25, 0.3) is 0 Å². The van der Waals surface area contributed by atoms with Crippen molar-refractivity contribution in [3.05, 3.63) is 0 Å². The van der Waals surface area contributed by atoms with Gasteiger partial charge in [-0.25, -0.2) is 4.79 Å². The van der Waals surface area contributed by atoms with Gasteiger partial charge in [0.25, 0.3) is 0 Å². The molecule has 0 spiro atoms.